The minimum Gasteiger partial charge on any atom is -0.496 e. The summed E-state index contributed by atoms with van der Waals surface area (Å²) in [4.78, 5) is 23.6. The summed E-state index contributed by atoms with van der Waals surface area (Å²) in [5.41, 5.74) is 4.42. The maximum atomic E-state index is 11.8. The maximum Gasteiger partial charge on any atom is 0.329 e. The van der Waals surface area contributed by atoms with Crippen molar-refractivity contribution in [1.82, 2.24) is 5.43 Å². The van der Waals surface area contributed by atoms with Gasteiger partial charge in [0, 0.05) is 16.3 Å². The van der Waals surface area contributed by atoms with Crippen molar-refractivity contribution >= 4 is 35.3 Å². The Hall–Kier alpha value is -2.86. The van der Waals surface area contributed by atoms with E-state index in [1.54, 1.807) is 30.3 Å². The van der Waals surface area contributed by atoms with Crippen molar-refractivity contribution in [3.05, 3.63) is 58.6 Å². The first kappa shape index (κ1) is 18.5. The van der Waals surface area contributed by atoms with Crippen LogP contribution in [0.5, 0.6) is 5.75 Å². The average Bonchev–Trinajstić information content (AvgIpc) is 2.62. The molecular formula is C18H18ClN3O3. The number of carbonyl (C=O) groups is 2. The number of anilines is 1. The molecule has 0 bridgehead atoms. The molecule has 0 fully saturated rings. The number of methoxy groups -OCH3 is 1. The maximum absolute atomic E-state index is 11.8. The lowest BCUT2D eigenvalue weighted by molar-refractivity contribution is -0.136. The summed E-state index contributed by atoms with van der Waals surface area (Å²) in [5, 5.41) is 6.76. The summed E-state index contributed by atoms with van der Waals surface area (Å²) >= 11 is 5.91. The predicted octanol–water partition coefficient (Wildman–Crippen LogP) is 3.00. The van der Waals surface area contributed by atoms with E-state index >= 15 is 0 Å². The summed E-state index contributed by atoms with van der Waals surface area (Å²) in [6.07, 6.45) is 2.25. The Balaban J connectivity index is 1.94. The Morgan fingerprint density at radius 2 is 1.88 bits per heavy atom. The van der Waals surface area contributed by atoms with E-state index in [2.05, 4.69) is 15.8 Å². The molecule has 0 aliphatic carbocycles. The quantitative estimate of drug-likeness (QED) is 0.489. The number of aryl methyl sites for hydroxylation is 1. The van der Waals surface area contributed by atoms with Crippen LogP contribution in [0.1, 0.15) is 18.1 Å². The molecular weight excluding hydrogens is 342 g/mol. The van der Waals surface area contributed by atoms with Crippen molar-refractivity contribution in [2.24, 2.45) is 5.10 Å². The molecule has 6 nitrogen and oxygen atoms in total. The topological polar surface area (TPSA) is 79.8 Å². The average molecular weight is 360 g/mol. The third kappa shape index (κ3) is 5.32. The van der Waals surface area contributed by atoms with Gasteiger partial charge in [0.2, 0.25) is 0 Å². The van der Waals surface area contributed by atoms with Crippen molar-refractivity contribution in [2.75, 3.05) is 12.4 Å². The molecule has 0 saturated heterocycles. The minimum atomic E-state index is -0.878. The Kier molecular flexibility index (Phi) is 6.54. The lowest BCUT2D eigenvalue weighted by atomic mass is 10.1. The molecule has 0 atom stereocenters. The molecule has 0 saturated carbocycles. The first-order valence-electron chi connectivity index (χ1n) is 7.60. The summed E-state index contributed by atoms with van der Waals surface area (Å²) < 4.78 is 5.16. The van der Waals surface area contributed by atoms with Crippen LogP contribution >= 0.6 is 11.6 Å². The molecule has 130 valence electrons. The van der Waals surface area contributed by atoms with Gasteiger partial charge in [-0.1, -0.05) is 30.7 Å². The van der Waals surface area contributed by atoms with E-state index in [1.807, 2.05) is 19.1 Å². The molecule has 2 amide bonds. The summed E-state index contributed by atoms with van der Waals surface area (Å²) in [5.74, 6) is -1.14. The SMILES string of the molecule is CCc1ccc(NC(=O)C(=O)N/N=C\c2cc(Cl)ccc2OC)cc1. The van der Waals surface area contributed by atoms with Crippen LogP contribution in [0.2, 0.25) is 5.02 Å². The van der Waals surface area contributed by atoms with Crippen LogP contribution in [-0.2, 0) is 16.0 Å². The van der Waals surface area contributed by atoms with Crippen LogP contribution in [0, 0.1) is 0 Å². The number of hydrogen-bond acceptors (Lipinski definition) is 4. The van der Waals surface area contributed by atoms with E-state index in [1.165, 1.54) is 13.3 Å². The minimum absolute atomic E-state index is 0.502. The number of amides is 2. The number of benzene rings is 2. The van der Waals surface area contributed by atoms with E-state index in [9.17, 15) is 9.59 Å². The smallest absolute Gasteiger partial charge is 0.329 e. The van der Waals surface area contributed by atoms with Gasteiger partial charge < -0.3 is 10.1 Å². The number of nitrogens with zero attached hydrogens (tertiary/aromatic N) is 1. The monoisotopic (exact) mass is 359 g/mol. The molecule has 2 rings (SSSR count). The number of nitrogens with one attached hydrogen (secondary N) is 2. The second-order valence-electron chi connectivity index (χ2n) is 5.09. The second kappa shape index (κ2) is 8.84. The van der Waals surface area contributed by atoms with E-state index in [0.717, 1.165) is 12.0 Å². The fourth-order valence-electron chi connectivity index (χ4n) is 2.03. The highest BCUT2D eigenvalue weighted by Crippen LogP contribution is 2.20. The van der Waals surface area contributed by atoms with E-state index in [4.69, 9.17) is 16.3 Å². The van der Waals surface area contributed by atoms with Gasteiger partial charge in [-0.25, -0.2) is 5.43 Å². The Bertz CT molecular complexity index is 789. The highest BCUT2D eigenvalue weighted by Gasteiger charge is 2.12. The molecule has 0 spiro atoms. The second-order valence-corrected chi connectivity index (χ2v) is 5.53. The van der Waals surface area contributed by atoms with Crippen molar-refractivity contribution in [2.45, 2.75) is 13.3 Å². The zero-order valence-electron chi connectivity index (χ0n) is 13.9. The summed E-state index contributed by atoms with van der Waals surface area (Å²) in [6.45, 7) is 2.04. The van der Waals surface area contributed by atoms with Crippen LogP contribution in [0.15, 0.2) is 47.6 Å². The summed E-state index contributed by atoms with van der Waals surface area (Å²) in [7, 11) is 1.51. The molecule has 0 unspecified atom stereocenters. The molecule has 2 N–H and O–H groups in total. The van der Waals surface area contributed by atoms with Crippen LogP contribution in [0.4, 0.5) is 5.69 Å². The van der Waals surface area contributed by atoms with Crippen LogP contribution in [0.25, 0.3) is 0 Å². The molecule has 7 heteroatoms. The predicted molar refractivity (Wildman–Crippen MR) is 98.2 cm³/mol. The fraction of sp³-hybridized carbons (Fsp3) is 0.167. The molecule has 25 heavy (non-hydrogen) atoms. The Morgan fingerprint density at radius 1 is 1.16 bits per heavy atom. The van der Waals surface area contributed by atoms with Gasteiger partial charge in [0.1, 0.15) is 5.75 Å². The van der Waals surface area contributed by atoms with Crippen LogP contribution in [-0.4, -0.2) is 25.1 Å². The first-order chi connectivity index (χ1) is 12.0. The van der Waals surface area contributed by atoms with E-state index in [0.29, 0.717) is 22.0 Å². The third-order valence-electron chi connectivity index (χ3n) is 3.39. The molecule has 0 heterocycles. The molecule has 0 radical (unpaired) electrons. The van der Waals surface area contributed by atoms with Crippen molar-refractivity contribution in [1.29, 1.82) is 0 Å². The first-order valence-corrected chi connectivity index (χ1v) is 7.98. The van der Waals surface area contributed by atoms with Crippen LogP contribution < -0.4 is 15.5 Å². The normalized spacial score (nSPS) is 10.5. The third-order valence-corrected chi connectivity index (χ3v) is 3.62. The van der Waals surface area contributed by atoms with Crippen molar-refractivity contribution in [3.8, 4) is 5.75 Å². The number of halogens is 1. The zero-order valence-corrected chi connectivity index (χ0v) is 14.6. The Labute approximate surface area is 150 Å². The number of hydrazone groups is 1. The number of carbonyl (C=O) groups excluding carboxylic acids is 2. The molecule has 0 aliphatic heterocycles. The fourth-order valence-corrected chi connectivity index (χ4v) is 2.21. The summed E-state index contributed by atoms with van der Waals surface area (Å²) in [6, 6.07) is 12.2. The Morgan fingerprint density at radius 3 is 2.52 bits per heavy atom. The molecule has 0 aromatic heterocycles. The van der Waals surface area contributed by atoms with Gasteiger partial charge in [-0.3, -0.25) is 9.59 Å². The lowest BCUT2D eigenvalue weighted by Crippen LogP contribution is -2.32. The van der Waals surface area contributed by atoms with Gasteiger partial charge in [0.15, 0.2) is 0 Å². The zero-order chi connectivity index (χ0) is 18.2. The lowest BCUT2D eigenvalue weighted by Gasteiger charge is -2.06. The molecule has 2 aromatic carbocycles. The van der Waals surface area contributed by atoms with Gasteiger partial charge in [-0.2, -0.15) is 5.10 Å². The van der Waals surface area contributed by atoms with Crippen LogP contribution in [0.3, 0.4) is 0 Å². The number of hydrogen-bond donors (Lipinski definition) is 2. The standard InChI is InChI=1S/C18H18ClN3O3/c1-3-12-4-7-15(8-5-12)21-17(23)18(24)22-20-11-13-10-14(19)6-9-16(13)25-2/h4-11H,3H2,1-2H3,(H,21,23)(H,22,24)/b20-11-. The van der Waals surface area contributed by atoms with E-state index < -0.39 is 11.8 Å². The van der Waals surface area contributed by atoms with Gasteiger partial charge in [-0.15, -0.1) is 0 Å². The number of ether oxygens (including phenoxy) is 1. The largest absolute Gasteiger partial charge is 0.496 e. The van der Waals surface area contributed by atoms with E-state index in [-0.39, 0.29) is 0 Å². The highest BCUT2D eigenvalue weighted by molar-refractivity contribution is 6.39. The van der Waals surface area contributed by atoms with Gasteiger partial charge in [-0.05, 0) is 42.3 Å². The van der Waals surface area contributed by atoms with Gasteiger partial charge in [0.05, 0.1) is 13.3 Å². The highest BCUT2D eigenvalue weighted by atomic mass is 35.5. The van der Waals surface area contributed by atoms with Crippen molar-refractivity contribution in [3.63, 3.8) is 0 Å². The van der Waals surface area contributed by atoms with Gasteiger partial charge >= 0.3 is 11.8 Å². The number of rotatable bonds is 5. The van der Waals surface area contributed by atoms with Gasteiger partial charge in [0.25, 0.3) is 0 Å². The molecule has 0 aliphatic rings. The molecule has 2 aromatic rings. The van der Waals surface area contributed by atoms with Crippen molar-refractivity contribution < 1.29 is 14.3 Å².